The molecule has 0 radical (unpaired) electrons. The van der Waals surface area contributed by atoms with Crippen LogP contribution in [0.5, 0.6) is 11.5 Å². The first-order valence-corrected chi connectivity index (χ1v) is 5.85. The zero-order chi connectivity index (χ0) is 13.1. The van der Waals surface area contributed by atoms with E-state index in [1.807, 2.05) is 30.3 Å². The van der Waals surface area contributed by atoms with Gasteiger partial charge in [0.05, 0.1) is 18.1 Å². The molecule has 0 N–H and O–H groups in total. The maximum Gasteiger partial charge on any atom is 0.165 e. The lowest BCUT2D eigenvalue weighted by atomic mass is 10.3. The van der Waals surface area contributed by atoms with Gasteiger partial charge in [0.25, 0.3) is 0 Å². The molecule has 0 amide bonds. The Bertz CT molecular complexity index is 679. The van der Waals surface area contributed by atoms with Gasteiger partial charge in [0, 0.05) is 0 Å². The third kappa shape index (κ3) is 2.63. The number of hydrogen-bond donors (Lipinski definition) is 0. The molecule has 0 saturated carbocycles. The molecule has 0 unspecified atom stereocenters. The van der Waals surface area contributed by atoms with Crippen molar-refractivity contribution in [2.45, 2.75) is 0 Å². The van der Waals surface area contributed by atoms with Crippen LogP contribution in [0.25, 0.3) is 5.69 Å². The first kappa shape index (κ1) is 11.5. The average Bonchev–Trinajstić information content (AvgIpc) is 2.88. The number of para-hydroxylation sites is 1. The van der Waals surface area contributed by atoms with Crippen LogP contribution in [-0.4, -0.2) is 9.78 Å². The van der Waals surface area contributed by atoms with Gasteiger partial charge in [-0.05, 0) is 30.3 Å². The fraction of sp³-hybridized carbons (Fsp3) is 0. The van der Waals surface area contributed by atoms with Crippen LogP contribution in [-0.2, 0) is 0 Å². The van der Waals surface area contributed by atoms with Crippen molar-refractivity contribution in [2.24, 2.45) is 0 Å². The summed E-state index contributed by atoms with van der Waals surface area (Å²) in [6, 6.07) is 15.7. The lowest BCUT2D eigenvalue weighted by Crippen LogP contribution is -1.94. The van der Waals surface area contributed by atoms with Crippen molar-refractivity contribution in [1.29, 1.82) is 0 Å². The SMILES string of the molecule is Fc1cccc(-n2cc(Oc3ccccc3)cn2)c1. The average molecular weight is 254 g/mol. The number of aromatic nitrogens is 2. The van der Waals surface area contributed by atoms with Crippen LogP contribution < -0.4 is 4.74 Å². The number of rotatable bonds is 3. The quantitative estimate of drug-likeness (QED) is 0.710. The summed E-state index contributed by atoms with van der Waals surface area (Å²) in [7, 11) is 0. The standard InChI is InChI=1S/C15H11FN2O/c16-12-5-4-6-13(9-12)18-11-15(10-17-18)19-14-7-2-1-3-8-14/h1-11H. The molecule has 0 aliphatic carbocycles. The van der Waals surface area contributed by atoms with Gasteiger partial charge in [0.1, 0.15) is 11.6 Å². The van der Waals surface area contributed by atoms with Crippen molar-refractivity contribution in [3.8, 4) is 17.2 Å². The van der Waals surface area contributed by atoms with E-state index in [9.17, 15) is 4.39 Å². The Morgan fingerprint density at radius 2 is 1.79 bits per heavy atom. The largest absolute Gasteiger partial charge is 0.454 e. The van der Waals surface area contributed by atoms with E-state index in [4.69, 9.17) is 4.74 Å². The monoisotopic (exact) mass is 254 g/mol. The third-order valence-corrected chi connectivity index (χ3v) is 2.61. The van der Waals surface area contributed by atoms with Crippen molar-refractivity contribution in [3.63, 3.8) is 0 Å². The van der Waals surface area contributed by atoms with Gasteiger partial charge in [-0.25, -0.2) is 9.07 Å². The van der Waals surface area contributed by atoms with Crippen LogP contribution in [0.15, 0.2) is 67.0 Å². The highest BCUT2D eigenvalue weighted by molar-refractivity contribution is 5.34. The number of hydrogen-bond acceptors (Lipinski definition) is 2. The molecule has 0 spiro atoms. The van der Waals surface area contributed by atoms with Gasteiger partial charge in [0.15, 0.2) is 5.75 Å². The number of halogens is 1. The maximum atomic E-state index is 13.1. The summed E-state index contributed by atoms with van der Waals surface area (Å²) < 4.78 is 20.3. The summed E-state index contributed by atoms with van der Waals surface area (Å²) in [5.74, 6) is 1.05. The van der Waals surface area contributed by atoms with Crippen LogP contribution in [0.3, 0.4) is 0 Å². The summed E-state index contributed by atoms with van der Waals surface area (Å²) in [6.07, 6.45) is 3.31. The summed E-state index contributed by atoms with van der Waals surface area (Å²) in [5, 5.41) is 4.15. The number of nitrogens with zero attached hydrogens (tertiary/aromatic N) is 2. The molecule has 19 heavy (non-hydrogen) atoms. The van der Waals surface area contributed by atoms with Gasteiger partial charge in [-0.3, -0.25) is 0 Å². The molecule has 0 aliphatic rings. The summed E-state index contributed by atoms with van der Waals surface area (Å²) >= 11 is 0. The van der Waals surface area contributed by atoms with Crippen molar-refractivity contribution in [2.75, 3.05) is 0 Å². The Balaban J connectivity index is 1.84. The van der Waals surface area contributed by atoms with E-state index in [0.29, 0.717) is 11.4 Å². The van der Waals surface area contributed by atoms with Gasteiger partial charge in [-0.15, -0.1) is 0 Å². The molecular formula is C15H11FN2O. The Hall–Kier alpha value is -2.62. The molecule has 2 aromatic carbocycles. The Morgan fingerprint density at radius 1 is 0.947 bits per heavy atom. The molecule has 4 heteroatoms. The molecule has 0 fully saturated rings. The minimum atomic E-state index is -0.293. The molecule has 3 rings (SSSR count). The number of ether oxygens (including phenoxy) is 1. The molecule has 3 aromatic rings. The van der Waals surface area contributed by atoms with Gasteiger partial charge in [0.2, 0.25) is 0 Å². The molecule has 1 heterocycles. The molecule has 0 aliphatic heterocycles. The second-order valence-corrected chi connectivity index (χ2v) is 4.02. The first-order valence-electron chi connectivity index (χ1n) is 5.85. The zero-order valence-corrected chi connectivity index (χ0v) is 10.0. The van der Waals surface area contributed by atoms with Crippen LogP contribution in [0.2, 0.25) is 0 Å². The topological polar surface area (TPSA) is 27.1 Å². The van der Waals surface area contributed by atoms with E-state index in [2.05, 4.69) is 5.10 Å². The summed E-state index contributed by atoms with van der Waals surface area (Å²) in [6.45, 7) is 0. The third-order valence-electron chi connectivity index (χ3n) is 2.61. The lowest BCUT2D eigenvalue weighted by molar-refractivity contribution is 0.482. The van der Waals surface area contributed by atoms with Crippen LogP contribution in [0, 0.1) is 5.82 Å². The zero-order valence-electron chi connectivity index (χ0n) is 10.0. The Labute approximate surface area is 109 Å². The second kappa shape index (κ2) is 4.94. The van der Waals surface area contributed by atoms with Gasteiger partial charge in [-0.2, -0.15) is 5.10 Å². The molecule has 3 nitrogen and oxygen atoms in total. The Morgan fingerprint density at radius 3 is 2.58 bits per heavy atom. The van der Waals surface area contributed by atoms with Crippen molar-refractivity contribution in [3.05, 3.63) is 72.8 Å². The highest BCUT2D eigenvalue weighted by Gasteiger charge is 2.03. The van der Waals surface area contributed by atoms with E-state index in [-0.39, 0.29) is 5.82 Å². The maximum absolute atomic E-state index is 13.1. The van der Waals surface area contributed by atoms with E-state index in [1.54, 1.807) is 29.2 Å². The predicted octanol–water partition coefficient (Wildman–Crippen LogP) is 3.80. The van der Waals surface area contributed by atoms with Crippen molar-refractivity contribution < 1.29 is 9.13 Å². The minimum absolute atomic E-state index is 0.293. The van der Waals surface area contributed by atoms with Gasteiger partial charge >= 0.3 is 0 Å². The van der Waals surface area contributed by atoms with Gasteiger partial charge < -0.3 is 4.74 Å². The molecule has 0 atom stereocenters. The fourth-order valence-electron chi connectivity index (χ4n) is 1.74. The highest BCUT2D eigenvalue weighted by Crippen LogP contribution is 2.21. The van der Waals surface area contributed by atoms with E-state index in [0.717, 1.165) is 5.75 Å². The van der Waals surface area contributed by atoms with Crippen molar-refractivity contribution >= 4 is 0 Å². The highest BCUT2D eigenvalue weighted by atomic mass is 19.1. The molecule has 94 valence electrons. The normalized spacial score (nSPS) is 10.4. The minimum Gasteiger partial charge on any atom is -0.454 e. The smallest absolute Gasteiger partial charge is 0.165 e. The van der Waals surface area contributed by atoms with E-state index in [1.165, 1.54) is 12.1 Å². The van der Waals surface area contributed by atoms with E-state index < -0.39 is 0 Å². The second-order valence-electron chi connectivity index (χ2n) is 4.02. The first-order chi connectivity index (χ1) is 9.31. The van der Waals surface area contributed by atoms with Crippen molar-refractivity contribution in [1.82, 2.24) is 9.78 Å². The molecule has 1 aromatic heterocycles. The summed E-state index contributed by atoms with van der Waals surface area (Å²) in [5.41, 5.74) is 0.655. The fourth-order valence-corrected chi connectivity index (χ4v) is 1.74. The lowest BCUT2D eigenvalue weighted by Gasteiger charge is -2.02. The molecule has 0 saturated heterocycles. The molecule has 0 bridgehead atoms. The molecular weight excluding hydrogens is 243 g/mol. The van der Waals surface area contributed by atoms with Crippen LogP contribution in [0.4, 0.5) is 4.39 Å². The number of benzene rings is 2. The van der Waals surface area contributed by atoms with Crippen LogP contribution >= 0.6 is 0 Å². The van der Waals surface area contributed by atoms with Gasteiger partial charge in [-0.1, -0.05) is 24.3 Å². The Kier molecular flexibility index (Phi) is 2.98. The van der Waals surface area contributed by atoms with Crippen LogP contribution in [0.1, 0.15) is 0 Å². The van der Waals surface area contributed by atoms with E-state index >= 15 is 0 Å². The predicted molar refractivity (Wildman–Crippen MR) is 70.0 cm³/mol. The summed E-state index contributed by atoms with van der Waals surface area (Å²) in [4.78, 5) is 0.